The van der Waals surface area contributed by atoms with Crippen LogP contribution in [0.2, 0.25) is 0 Å². The molecule has 172 valence electrons. The zero-order valence-corrected chi connectivity index (χ0v) is 19.9. The van der Waals surface area contributed by atoms with E-state index < -0.39 is 0 Å². The average molecular weight is 481 g/mol. The molecule has 33 heavy (non-hydrogen) atoms. The van der Waals surface area contributed by atoms with E-state index in [1.54, 1.807) is 0 Å². The maximum atomic E-state index is 5.80. The van der Waals surface area contributed by atoms with Gasteiger partial charge in [-0.15, -0.1) is 0 Å². The van der Waals surface area contributed by atoms with E-state index in [1.165, 1.54) is 0 Å². The molecule has 6 nitrogen and oxygen atoms in total. The summed E-state index contributed by atoms with van der Waals surface area (Å²) in [6, 6.07) is 25.0. The van der Waals surface area contributed by atoms with Crippen LogP contribution in [0.3, 0.4) is 0 Å². The van der Waals surface area contributed by atoms with Crippen LogP contribution in [-0.4, -0.2) is 23.4 Å². The third-order valence-electron chi connectivity index (χ3n) is 4.57. The Labute approximate surface area is 205 Å². The molecule has 0 unspecified atom stereocenters. The van der Waals surface area contributed by atoms with E-state index in [1.807, 2.05) is 78.9 Å². The monoisotopic (exact) mass is 480 g/mol. The molecule has 0 atom stereocenters. The Morgan fingerprint density at radius 1 is 0.727 bits per heavy atom. The number of ether oxygens (including phenoxy) is 2. The first-order chi connectivity index (χ1) is 16.1. The minimum absolute atomic E-state index is 0.237. The fraction of sp³-hybridized carbons (Fsp3) is 0.200. The summed E-state index contributed by atoms with van der Waals surface area (Å²) in [5, 5.41) is 10.2. The van der Waals surface area contributed by atoms with Crippen molar-refractivity contribution in [1.82, 2.24) is 5.32 Å². The molecule has 0 aromatic heterocycles. The molecule has 0 saturated heterocycles. The number of anilines is 2. The van der Waals surface area contributed by atoms with Gasteiger partial charge >= 0.3 is 0 Å². The molecule has 0 fully saturated rings. The standard InChI is InChI=1S/C25H28N4O2S2/c26-24(32)28-20-8-7-11-23(18-20)30-17-6-2-5-16-27-25(33)29-19-12-14-22(15-13-19)31-21-9-3-1-4-10-21/h1,3-4,7-15,18H,2,5-6,16-17H2,(H3,26,28,32)(H2,27,29,33). The van der Waals surface area contributed by atoms with Gasteiger partial charge in [-0.2, -0.15) is 0 Å². The van der Waals surface area contributed by atoms with Gasteiger partial charge in [0.1, 0.15) is 17.2 Å². The van der Waals surface area contributed by atoms with Crippen LogP contribution in [0.5, 0.6) is 17.2 Å². The van der Waals surface area contributed by atoms with Crippen molar-refractivity contribution in [3.05, 3.63) is 78.9 Å². The summed E-state index contributed by atoms with van der Waals surface area (Å²) in [5.74, 6) is 2.38. The molecule has 3 aromatic carbocycles. The molecule has 0 aliphatic rings. The van der Waals surface area contributed by atoms with Gasteiger partial charge in [-0.05, 0) is 92.2 Å². The number of thiocarbonyl (C=S) groups is 2. The predicted octanol–water partition coefficient (Wildman–Crippen LogP) is 5.67. The van der Waals surface area contributed by atoms with Crippen molar-refractivity contribution in [2.45, 2.75) is 19.3 Å². The van der Waals surface area contributed by atoms with E-state index in [2.05, 4.69) is 16.0 Å². The van der Waals surface area contributed by atoms with Gasteiger partial charge in [0.2, 0.25) is 0 Å². The molecule has 0 saturated carbocycles. The van der Waals surface area contributed by atoms with Crippen molar-refractivity contribution in [1.29, 1.82) is 0 Å². The molecule has 3 aromatic rings. The highest BCUT2D eigenvalue weighted by Gasteiger charge is 2.01. The summed E-state index contributed by atoms with van der Waals surface area (Å²) < 4.78 is 11.6. The fourth-order valence-electron chi connectivity index (χ4n) is 3.01. The van der Waals surface area contributed by atoms with Gasteiger partial charge in [-0.1, -0.05) is 24.3 Å². The number of unbranched alkanes of at least 4 members (excludes halogenated alkanes) is 2. The van der Waals surface area contributed by atoms with Crippen LogP contribution in [0.1, 0.15) is 19.3 Å². The largest absolute Gasteiger partial charge is 0.494 e. The smallest absolute Gasteiger partial charge is 0.170 e. The summed E-state index contributed by atoms with van der Waals surface area (Å²) in [4.78, 5) is 0. The predicted molar refractivity (Wildman–Crippen MR) is 143 cm³/mol. The summed E-state index contributed by atoms with van der Waals surface area (Å²) in [6.45, 7) is 1.45. The summed E-state index contributed by atoms with van der Waals surface area (Å²) in [6.07, 6.45) is 2.99. The van der Waals surface area contributed by atoms with E-state index in [9.17, 15) is 0 Å². The first kappa shape index (κ1) is 24.3. The minimum atomic E-state index is 0.237. The zero-order chi connectivity index (χ0) is 23.3. The summed E-state index contributed by atoms with van der Waals surface area (Å²) in [7, 11) is 0. The van der Waals surface area contributed by atoms with Gasteiger partial charge in [0, 0.05) is 24.0 Å². The molecule has 8 heteroatoms. The molecular weight excluding hydrogens is 452 g/mol. The quantitative estimate of drug-likeness (QED) is 0.206. The van der Waals surface area contributed by atoms with Gasteiger partial charge in [0.25, 0.3) is 0 Å². The van der Waals surface area contributed by atoms with Gasteiger partial charge < -0.3 is 31.2 Å². The third-order valence-corrected chi connectivity index (χ3v) is 4.92. The second kappa shape index (κ2) is 13.2. The van der Waals surface area contributed by atoms with Gasteiger partial charge in [0.15, 0.2) is 10.2 Å². The second-order valence-corrected chi connectivity index (χ2v) is 8.09. The number of rotatable bonds is 11. The topological polar surface area (TPSA) is 80.6 Å². The Hall–Kier alpha value is -3.36. The molecular formula is C25H28N4O2S2. The van der Waals surface area contributed by atoms with Gasteiger partial charge in [0.05, 0.1) is 6.61 Å². The Kier molecular flexibility index (Phi) is 9.75. The number of hydrogen-bond donors (Lipinski definition) is 4. The lowest BCUT2D eigenvalue weighted by atomic mass is 10.2. The lowest BCUT2D eigenvalue weighted by Gasteiger charge is -2.12. The Morgan fingerprint density at radius 3 is 2.21 bits per heavy atom. The SMILES string of the molecule is NC(=S)Nc1cccc(OCCCCCNC(=S)Nc2ccc(Oc3ccccc3)cc2)c1. The minimum Gasteiger partial charge on any atom is -0.494 e. The third kappa shape index (κ3) is 9.34. The van der Waals surface area contributed by atoms with Crippen LogP contribution in [0.4, 0.5) is 11.4 Å². The van der Waals surface area contributed by atoms with E-state index in [0.29, 0.717) is 11.7 Å². The Balaban J connectivity index is 1.27. The van der Waals surface area contributed by atoms with Crippen LogP contribution in [-0.2, 0) is 0 Å². The van der Waals surface area contributed by atoms with Crippen LogP contribution < -0.4 is 31.2 Å². The van der Waals surface area contributed by atoms with Crippen LogP contribution in [0.25, 0.3) is 0 Å². The average Bonchev–Trinajstić information content (AvgIpc) is 2.80. The van der Waals surface area contributed by atoms with Crippen molar-refractivity contribution >= 4 is 46.0 Å². The van der Waals surface area contributed by atoms with E-state index in [-0.39, 0.29) is 5.11 Å². The summed E-state index contributed by atoms with van der Waals surface area (Å²) in [5.41, 5.74) is 7.23. The van der Waals surface area contributed by atoms with E-state index in [4.69, 9.17) is 39.6 Å². The fourth-order valence-corrected chi connectivity index (χ4v) is 3.35. The lowest BCUT2D eigenvalue weighted by Crippen LogP contribution is -2.29. The Bertz CT molecular complexity index is 1030. The van der Waals surface area contributed by atoms with Crippen LogP contribution >= 0.6 is 24.4 Å². The maximum absolute atomic E-state index is 5.80. The first-order valence-corrected chi connectivity index (χ1v) is 11.6. The molecule has 0 amide bonds. The zero-order valence-electron chi connectivity index (χ0n) is 18.3. The van der Waals surface area contributed by atoms with Gasteiger partial charge in [-0.3, -0.25) is 0 Å². The molecule has 0 bridgehead atoms. The molecule has 0 aliphatic carbocycles. The van der Waals surface area contributed by atoms with E-state index >= 15 is 0 Å². The number of hydrogen-bond acceptors (Lipinski definition) is 4. The highest BCUT2D eigenvalue weighted by Crippen LogP contribution is 2.22. The normalized spacial score (nSPS) is 10.2. The molecule has 0 radical (unpaired) electrons. The molecule has 0 heterocycles. The molecule has 3 rings (SSSR count). The first-order valence-electron chi connectivity index (χ1n) is 10.8. The maximum Gasteiger partial charge on any atom is 0.170 e. The lowest BCUT2D eigenvalue weighted by molar-refractivity contribution is 0.305. The van der Waals surface area contributed by atoms with Crippen molar-refractivity contribution < 1.29 is 9.47 Å². The Morgan fingerprint density at radius 2 is 1.45 bits per heavy atom. The number of nitrogens with one attached hydrogen (secondary N) is 3. The highest BCUT2D eigenvalue weighted by atomic mass is 32.1. The number of para-hydroxylation sites is 1. The molecule has 0 aliphatic heterocycles. The number of nitrogens with two attached hydrogens (primary N) is 1. The van der Waals surface area contributed by atoms with Crippen molar-refractivity contribution in [3.8, 4) is 17.2 Å². The van der Waals surface area contributed by atoms with Crippen LogP contribution in [0.15, 0.2) is 78.9 Å². The van der Waals surface area contributed by atoms with E-state index in [0.717, 1.165) is 54.4 Å². The van der Waals surface area contributed by atoms with Crippen LogP contribution in [0, 0.1) is 0 Å². The number of benzene rings is 3. The molecule has 0 spiro atoms. The van der Waals surface area contributed by atoms with Crippen molar-refractivity contribution in [3.63, 3.8) is 0 Å². The van der Waals surface area contributed by atoms with Gasteiger partial charge in [-0.25, -0.2) is 0 Å². The van der Waals surface area contributed by atoms with Crippen molar-refractivity contribution in [2.24, 2.45) is 5.73 Å². The second-order valence-electron chi connectivity index (χ2n) is 7.25. The molecule has 5 N–H and O–H groups in total. The van der Waals surface area contributed by atoms with Crippen molar-refractivity contribution in [2.75, 3.05) is 23.8 Å². The summed E-state index contributed by atoms with van der Waals surface area (Å²) >= 11 is 10.2. The highest BCUT2D eigenvalue weighted by molar-refractivity contribution is 7.80.